The average molecular weight is 463 g/mol. The number of Topliss-reactive ketones (excluding diaryl/α,β-unsaturated/α-hetero) is 1. The number of benzene rings is 4. The van der Waals surface area contributed by atoms with Gasteiger partial charge in [0.25, 0.3) is 0 Å². The van der Waals surface area contributed by atoms with Crippen molar-refractivity contribution >= 4 is 11.8 Å². The van der Waals surface area contributed by atoms with Gasteiger partial charge in [0.1, 0.15) is 5.78 Å². The second kappa shape index (κ2) is 11.0. The molecule has 0 saturated heterocycles. The summed E-state index contributed by atoms with van der Waals surface area (Å²) in [5.74, 6) is -1.75. The Kier molecular flexibility index (Phi) is 7.57. The summed E-state index contributed by atoms with van der Waals surface area (Å²) in [5.41, 5.74) is 4.31. The van der Waals surface area contributed by atoms with Gasteiger partial charge in [-0.15, -0.1) is 0 Å². The van der Waals surface area contributed by atoms with Crippen molar-refractivity contribution < 1.29 is 14.7 Å². The number of carbonyl (C=O) groups excluding carboxylic acids is 1. The van der Waals surface area contributed by atoms with Crippen molar-refractivity contribution in [3.63, 3.8) is 0 Å². The fourth-order valence-electron chi connectivity index (χ4n) is 4.69. The Hall–Kier alpha value is -3.98. The molecule has 3 nitrogen and oxygen atoms in total. The molecule has 35 heavy (non-hydrogen) atoms. The molecule has 0 aromatic heterocycles. The third-order valence-electron chi connectivity index (χ3n) is 6.69. The number of ketones is 1. The Balaban J connectivity index is 1.83. The Morgan fingerprint density at radius 3 is 1.54 bits per heavy atom. The van der Waals surface area contributed by atoms with Gasteiger partial charge in [-0.3, -0.25) is 9.59 Å². The monoisotopic (exact) mass is 462 g/mol. The zero-order chi connectivity index (χ0) is 24.7. The Labute approximate surface area is 207 Å². The molecule has 4 aromatic carbocycles. The van der Waals surface area contributed by atoms with Crippen LogP contribution in [0.25, 0.3) is 11.1 Å². The van der Waals surface area contributed by atoms with Gasteiger partial charge in [-0.1, -0.05) is 122 Å². The smallest absolute Gasteiger partial charge is 0.306 e. The van der Waals surface area contributed by atoms with E-state index in [9.17, 15) is 14.7 Å². The number of carboxylic acids is 1. The van der Waals surface area contributed by atoms with E-state index < -0.39 is 17.3 Å². The summed E-state index contributed by atoms with van der Waals surface area (Å²) in [4.78, 5) is 25.7. The van der Waals surface area contributed by atoms with Crippen LogP contribution < -0.4 is 0 Å². The van der Waals surface area contributed by atoms with E-state index in [-0.39, 0.29) is 12.2 Å². The van der Waals surface area contributed by atoms with E-state index >= 15 is 0 Å². The number of hydrogen-bond donors (Lipinski definition) is 1. The highest BCUT2D eigenvalue weighted by molar-refractivity contribution is 5.93. The van der Waals surface area contributed by atoms with E-state index in [1.165, 1.54) is 0 Å². The van der Waals surface area contributed by atoms with Crippen molar-refractivity contribution in [1.82, 2.24) is 0 Å². The topological polar surface area (TPSA) is 54.4 Å². The van der Waals surface area contributed by atoms with Crippen LogP contribution in [0.5, 0.6) is 0 Å². The van der Waals surface area contributed by atoms with Gasteiger partial charge in [-0.05, 0) is 40.7 Å². The van der Waals surface area contributed by atoms with E-state index in [0.29, 0.717) is 12.8 Å². The predicted octanol–water partition coefficient (Wildman–Crippen LogP) is 6.76. The molecule has 1 N–H and O–H groups in total. The number of carbonyl (C=O) groups is 2. The first-order chi connectivity index (χ1) is 17.0. The molecule has 3 heteroatoms. The summed E-state index contributed by atoms with van der Waals surface area (Å²) in [6.45, 7) is 1.61. The molecule has 0 spiro atoms. The van der Waals surface area contributed by atoms with Gasteiger partial charge >= 0.3 is 5.97 Å². The third kappa shape index (κ3) is 5.75. The number of hydrogen-bond acceptors (Lipinski definition) is 2. The van der Waals surface area contributed by atoms with E-state index in [0.717, 1.165) is 27.8 Å². The van der Waals surface area contributed by atoms with Crippen LogP contribution in [0.15, 0.2) is 115 Å². The van der Waals surface area contributed by atoms with Gasteiger partial charge < -0.3 is 5.11 Å². The van der Waals surface area contributed by atoms with Crippen LogP contribution in [0.4, 0.5) is 0 Å². The first-order valence-electron chi connectivity index (χ1n) is 12.0. The van der Waals surface area contributed by atoms with Crippen molar-refractivity contribution in [3.8, 4) is 11.1 Å². The molecule has 0 aliphatic rings. The number of aliphatic carboxylic acids is 1. The fraction of sp³-hybridized carbons (Fsp3) is 0.188. The summed E-state index contributed by atoms with van der Waals surface area (Å²) in [5, 5.41) is 9.56. The summed E-state index contributed by atoms with van der Waals surface area (Å²) in [6, 6.07) is 38.3. The maximum atomic E-state index is 14.1. The van der Waals surface area contributed by atoms with Crippen molar-refractivity contribution in [2.45, 2.75) is 31.6 Å². The van der Waals surface area contributed by atoms with Crippen LogP contribution in [0.3, 0.4) is 0 Å². The molecule has 176 valence electrons. The van der Waals surface area contributed by atoms with Gasteiger partial charge in [-0.25, -0.2) is 0 Å². The van der Waals surface area contributed by atoms with Crippen LogP contribution >= 0.6 is 0 Å². The lowest BCUT2D eigenvalue weighted by Crippen LogP contribution is -2.42. The molecule has 1 atom stereocenters. The standard InChI is InChI=1S/C32H30O3/c1-24(31(34)35)21-30(33)32(22-25-11-5-2-6-12-25,23-26-13-7-3-8-14-26)29-19-17-28(18-20-29)27-15-9-4-10-16-27/h2-20,24H,21-23H2,1H3,(H,34,35)/t24-/m1/s1. The molecule has 0 fully saturated rings. The first kappa shape index (κ1) is 24.2. The van der Waals surface area contributed by atoms with E-state index in [4.69, 9.17) is 0 Å². The summed E-state index contributed by atoms with van der Waals surface area (Å²) in [7, 11) is 0. The summed E-state index contributed by atoms with van der Waals surface area (Å²) in [6.07, 6.45) is 0.979. The largest absolute Gasteiger partial charge is 0.481 e. The van der Waals surface area contributed by atoms with E-state index in [2.05, 4.69) is 24.3 Å². The lowest BCUT2D eigenvalue weighted by molar-refractivity contribution is -0.143. The van der Waals surface area contributed by atoms with Crippen molar-refractivity contribution in [3.05, 3.63) is 132 Å². The normalized spacial score (nSPS) is 12.1. The third-order valence-corrected chi connectivity index (χ3v) is 6.69. The summed E-state index contributed by atoms with van der Waals surface area (Å²) < 4.78 is 0. The van der Waals surface area contributed by atoms with Gasteiger partial charge in [0.2, 0.25) is 0 Å². The van der Waals surface area contributed by atoms with Crippen molar-refractivity contribution in [2.24, 2.45) is 5.92 Å². The second-order valence-electron chi connectivity index (χ2n) is 9.22. The van der Waals surface area contributed by atoms with E-state index in [1.54, 1.807) is 6.92 Å². The molecule has 0 radical (unpaired) electrons. The highest BCUT2D eigenvalue weighted by Gasteiger charge is 2.41. The zero-order valence-electron chi connectivity index (χ0n) is 19.9. The minimum Gasteiger partial charge on any atom is -0.481 e. The Morgan fingerprint density at radius 2 is 1.09 bits per heavy atom. The number of carboxylic acid groups (broad SMARTS) is 1. The second-order valence-corrected chi connectivity index (χ2v) is 9.22. The highest BCUT2D eigenvalue weighted by Crippen LogP contribution is 2.37. The maximum Gasteiger partial charge on any atom is 0.306 e. The molecule has 0 amide bonds. The van der Waals surface area contributed by atoms with Gasteiger partial charge in [0, 0.05) is 6.42 Å². The molecule has 0 heterocycles. The summed E-state index contributed by atoms with van der Waals surface area (Å²) >= 11 is 0. The minimum absolute atomic E-state index is 0.0184. The number of rotatable bonds is 10. The van der Waals surface area contributed by atoms with Crippen LogP contribution in [0.2, 0.25) is 0 Å². The molecule has 4 aromatic rings. The van der Waals surface area contributed by atoms with Crippen LogP contribution in [0, 0.1) is 5.92 Å². The Morgan fingerprint density at radius 1 is 0.657 bits per heavy atom. The highest BCUT2D eigenvalue weighted by atomic mass is 16.4. The van der Waals surface area contributed by atoms with E-state index in [1.807, 2.05) is 91.0 Å². The molecule has 0 saturated carbocycles. The quantitative estimate of drug-likeness (QED) is 0.283. The zero-order valence-corrected chi connectivity index (χ0v) is 19.9. The lowest BCUT2D eigenvalue weighted by Gasteiger charge is -2.34. The molecule has 4 rings (SSSR count). The Bertz CT molecular complexity index is 1210. The van der Waals surface area contributed by atoms with Crippen molar-refractivity contribution in [2.75, 3.05) is 0 Å². The van der Waals surface area contributed by atoms with Gasteiger partial charge in [0.05, 0.1) is 11.3 Å². The SMILES string of the molecule is C[C@H](CC(=O)C(Cc1ccccc1)(Cc1ccccc1)c1ccc(-c2ccccc2)cc1)C(=O)O. The predicted molar refractivity (Wildman–Crippen MR) is 140 cm³/mol. The maximum absolute atomic E-state index is 14.1. The minimum atomic E-state index is -0.953. The molecular formula is C32H30O3. The molecule has 0 unspecified atom stereocenters. The van der Waals surface area contributed by atoms with Crippen LogP contribution in [0.1, 0.15) is 30.0 Å². The van der Waals surface area contributed by atoms with Crippen LogP contribution in [-0.2, 0) is 27.8 Å². The fourth-order valence-corrected chi connectivity index (χ4v) is 4.69. The molecule has 0 aliphatic carbocycles. The van der Waals surface area contributed by atoms with Gasteiger partial charge in [0.15, 0.2) is 0 Å². The van der Waals surface area contributed by atoms with Crippen molar-refractivity contribution in [1.29, 1.82) is 0 Å². The van der Waals surface area contributed by atoms with Crippen LogP contribution in [-0.4, -0.2) is 16.9 Å². The molecule has 0 bridgehead atoms. The average Bonchev–Trinajstić information content (AvgIpc) is 2.90. The van der Waals surface area contributed by atoms with Gasteiger partial charge in [-0.2, -0.15) is 0 Å². The molecule has 0 aliphatic heterocycles. The molecular weight excluding hydrogens is 432 g/mol. The first-order valence-corrected chi connectivity index (χ1v) is 12.0. The lowest BCUT2D eigenvalue weighted by atomic mass is 9.66.